The van der Waals surface area contributed by atoms with Gasteiger partial charge in [-0.25, -0.2) is 9.97 Å². The number of anilines is 2. The minimum atomic E-state index is 0.610. The minimum Gasteiger partial charge on any atom is -0.394 e. The van der Waals surface area contributed by atoms with Crippen molar-refractivity contribution in [3.63, 3.8) is 0 Å². The standard InChI is InChI=1S/C9H16N4/c1-2-3-4-5-12-9-8(10)6-11-7-13-9/h6-7H,2-5,10H2,1H3,(H,11,12,13). The number of hydrogen-bond acceptors (Lipinski definition) is 4. The number of nitrogens with two attached hydrogens (primary N) is 1. The van der Waals surface area contributed by atoms with E-state index in [4.69, 9.17) is 5.73 Å². The number of aromatic nitrogens is 2. The van der Waals surface area contributed by atoms with E-state index in [1.807, 2.05) is 0 Å². The highest BCUT2D eigenvalue weighted by Crippen LogP contribution is 2.11. The van der Waals surface area contributed by atoms with E-state index >= 15 is 0 Å². The normalized spacial score (nSPS) is 9.92. The highest BCUT2D eigenvalue weighted by molar-refractivity contribution is 5.58. The molecule has 1 aromatic rings. The first-order valence-electron chi connectivity index (χ1n) is 4.64. The van der Waals surface area contributed by atoms with Crippen molar-refractivity contribution in [2.24, 2.45) is 0 Å². The predicted octanol–water partition coefficient (Wildman–Crippen LogP) is 1.66. The van der Waals surface area contributed by atoms with Gasteiger partial charge in [0.05, 0.1) is 11.9 Å². The molecule has 4 heteroatoms. The second kappa shape index (κ2) is 5.35. The maximum absolute atomic E-state index is 5.65. The maximum atomic E-state index is 5.65. The lowest BCUT2D eigenvalue weighted by molar-refractivity contribution is 0.742. The van der Waals surface area contributed by atoms with Crippen LogP contribution in [-0.2, 0) is 0 Å². The van der Waals surface area contributed by atoms with Crippen molar-refractivity contribution < 1.29 is 0 Å². The van der Waals surface area contributed by atoms with Crippen LogP contribution in [0.15, 0.2) is 12.5 Å². The summed E-state index contributed by atoms with van der Waals surface area (Å²) < 4.78 is 0. The molecule has 72 valence electrons. The first kappa shape index (κ1) is 9.77. The molecule has 0 aromatic carbocycles. The summed E-state index contributed by atoms with van der Waals surface area (Å²) in [5.41, 5.74) is 6.26. The van der Waals surface area contributed by atoms with Gasteiger partial charge in [0.25, 0.3) is 0 Å². The van der Waals surface area contributed by atoms with Gasteiger partial charge in [-0.15, -0.1) is 0 Å². The van der Waals surface area contributed by atoms with E-state index in [2.05, 4.69) is 22.2 Å². The molecule has 3 N–H and O–H groups in total. The molecule has 0 amide bonds. The zero-order valence-electron chi connectivity index (χ0n) is 7.95. The first-order valence-corrected chi connectivity index (χ1v) is 4.64. The Morgan fingerprint density at radius 3 is 3.00 bits per heavy atom. The van der Waals surface area contributed by atoms with Gasteiger partial charge in [-0.1, -0.05) is 19.8 Å². The van der Waals surface area contributed by atoms with Crippen LogP contribution in [-0.4, -0.2) is 16.5 Å². The van der Waals surface area contributed by atoms with Gasteiger partial charge in [0, 0.05) is 6.54 Å². The molecular formula is C9H16N4. The molecule has 0 radical (unpaired) electrons. The minimum absolute atomic E-state index is 0.610. The molecule has 0 saturated heterocycles. The lowest BCUT2D eigenvalue weighted by Crippen LogP contribution is -2.06. The summed E-state index contributed by atoms with van der Waals surface area (Å²) in [6, 6.07) is 0. The molecule has 0 atom stereocenters. The average molecular weight is 180 g/mol. The third kappa shape index (κ3) is 3.27. The van der Waals surface area contributed by atoms with Crippen molar-refractivity contribution >= 4 is 11.5 Å². The summed E-state index contributed by atoms with van der Waals surface area (Å²) in [7, 11) is 0. The van der Waals surface area contributed by atoms with E-state index in [1.54, 1.807) is 6.20 Å². The molecule has 1 rings (SSSR count). The van der Waals surface area contributed by atoms with Crippen molar-refractivity contribution in [2.45, 2.75) is 26.2 Å². The fraction of sp³-hybridized carbons (Fsp3) is 0.556. The van der Waals surface area contributed by atoms with Crippen molar-refractivity contribution in [1.29, 1.82) is 0 Å². The number of hydrogen-bond donors (Lipinski definition) is 2. The van der Waals surface area contributed by atoms with Gasteiger partial charge in [-0.05, 0) is 6.42 Å². The Balaban J connectivity index is 2.32. The molecule has 0 aliphatic carbocycles. The summed E-state index contributed by atoms with van der Waals surface area (Å²) in [4.78, 5) is 7.84. The van der Waals surface area contributed by atoms with E-state index in [0.29, 0.717) is 5.69 Å². The van der Waals surface area contributed by atoms with Gasteiger partial charge in [0.2, 0.25) is 0 Å². The number of unbranched alkanes of at least 4 members (excludes halogenated alkanes) is 2. The lowest BCUT2D eigenvalue weighted by atomic mass is 10.2. The third-order valence-electron chi connectivity index (χ3n) is 1.81. The Bertz CT molecular complexity index is 249. The van der Waals surface area contributed by atoms with Crippen LogP contribution in [0.5, 0.6) is 0 Å². The third-order valence-corrected chi connectivity index (χ3v) is 1.81. The van der Waals surface area contributed by atoms with E-state index in [0.717, 1.165) is 18.8 Å². The topological polar surface area (TPSA) is 63.8 Å². The van der Waals surface area contributed by atoms with E-state index in [9.17, 15) is 0 Å². The Labute approximate surface area is 78.6 Å². The highest BCUT2D eigenvalue weighted by Gasteiger charge is 1.97. The van der Waals surface area contributed by atoms with Gasteiger partial charge in [0.1, 0.15) is 6.33 Å². The van der Waals surface area contributed by atoms with Crippen LogP contribution >= 0.6 is 0 Å². The summed E-state index contributed by atoms with van der Waals surface area (Å²) in [5.74, 6) is 0.742. The molecule has 4 nitrogen and oxygen atoms in total. The molecule has 1 aromatic heterocycles. The van der Waals surface area contributed by atoms with Crippen LogP contribution in [0.1, 0.15) is 26.2 Å². The molecule has 1 heterocycles. The Kier molecular flexibility index (Phi) is 4.02. The summed E-state index contributed by atoms with van der Waals surface area (Å²) in [5, 5.41) is 3.17. The fourth-order valence-corrected chi connectivity index (χ4v) is 1.07. The van der Waals surface area contributed by atoms with Gasteiger partial charge in [-0.2, -0.15) is 0 Å². The first-order chi connectivity index (χ1) is 6.34. The SMILES string of the molecule is CCCCCNc1ncncc1N. The van der Waals surface area contributed by atoms with Crippen LogP contribution in [0.25, 0.3) is 0 Å². The second-order valence-corrected chi connectivity index (χ2v) is 2.96. The van der Waals surface area contributed by atoms with Crippen LogP contribution in [0.2, 0.25) is 0 Å². The van der Waals surface area contributed by atoms with Gasteiger partial charge in [0.15, 0.2) is 5.82 Å². The molecule has 13 heavy (non-hydrogen) atoms. The summed E-state index contributed by atoms with van der Waals surface area (Å²) in [6.07, 6.45) is 6.71. The van der Waals surface area contributed by atoms with Crippen LogP contribution < -0.4 is 11.1 Å². The predicted molar refractivity (Wildman–Crippen MR) is 54.5 cm³/mol. The number of rotatable bonds is 5. The van der Waals surface area contributed by atoms with Crippen molar-refractivity contribution in [1.82, 2.24) is 9.97 Å². The molecule has 0 spiro atoms. The number of nitrogens with zero attached hydrogens (tertiary/aromatic N) is 2. The molecule has 0 bridgehead atoms. The van der Waals surface area contributed by atoms with Crippen molar-refractivity contribution in [3.05, 3.63) is 12.5 Å². The smallest absolute Gasteiger partial charge is 0.152 e. The van der Waals surface area contributed by atoms with Crippen molar-refractivity contribution in [2.75, 3.05) is 17.6 Å². The molecule has 0 fully saturated rings. The largest absolute Gasteiger partial charge is 0.394 e. The van der Waals surface area contributed by atoms with Gasteiger partial charge >= 0.3 is 0 Å². The number of nitrogen functional groups attached to an aromatic ring is 1. The monoisotopic (exact) mass is 180 g/mol. The fourth-order valence-electron chi connectivity index (χ4n) is 1.07. The zero-order valence-corrected chi connectivity index (χ0v) is 7.95. The molecule has 0 saturated carbocycles. The van der Waals surface area contributed by atoms with Crippen molar-refractivity contribution in [3.8, 4) is 0 Å². The quantitative estimate of drug-likeness (QED) is 0.676. The molecule has 0 unspecified atom stereocenters. The lowest BCUT2D eigenvalue weighted by Gasteiger charge is -2.05. The van der Waals surface area contributed by atoms with Gasteiger partial charge in [-0.3, -0.25) is 0 Å². The van der Waals surface area contributed by atoms with Crippen LogP contribution in [0, 0.1) is 0 Å². The molecule has 0 aliphatic heterocycles. The molecular weight excluding hydrogens is 164 g/mol. The van der Waals surface area contributed by atoms with E-state index < -0.39 is 0 Å². The highest BCUT2D eigenvalue weighted by atomic mass is 15.0. The van der Waals surface area contributed by atoms with Crippen LogP contribution in [0.4, 0.5) is 11.5 Å². The molecule has 0 aliphatic rings. The van der Waals surface area contributed by atoms with E-state index in [1.165, 1.54) is 19.2 Å². The summed E-state index contributed by atoms with van der Waals surface area (Å²) >= 11 is 0. The Hall–Kier alpha value is -1.32. The van der Waals surface area contributed by atoms with E-state index in [-0.39, 0.29) is 0 Å². The average Bonchev–Trinajstić information content (AvgIpc) is 2.15. The Morgan fingerprint density at radius 1 is 1.46 bits per heavy atom. The van der Waals surface area contributed by atoms with Gasteiger partial charge < -0.3 is 11.1 Å². The van der Waals surface area contributed by atoms with Crippen LogP contribution in [0.3, 0.4) is 0 Å². The summed E-state index contributed by atoms with van der Waals surface area (Å²) in [6.45, 7) is 3.11. The number of nitrogens with one attached hydrogen (secondary N) is 1. The maximum Gasteiger partial charge on any atom is 0.152 e. The zero-order chi connectivity index (χ0) is 9.52. The second-order valence-electron chi connectivity index (χ2n) is 2.96. The Morgan fingerprint density at radius 2 is 2.31 bits per heavy atom.